The second-order valence-corrected chi connectivity index (χ2v) is 5.41. The summed E-state index contributed by atoms with van der Waals surface area (Å²) in [5.41, 5.74) is 3.46. The molecule has 0 saturated heterocycles. The van der Waals surface area contributed by atoms with Crippen molar-refractivity contribution in [2.45, 2.75) is 13.8 Å². The number of hydrogen-bond acceptors (Lipinski definition) is 2. The molecule has 3 aromatic rings. The first-order chi connectivity index (χ1) is 9.49. The Balaban J connectivity index is 2.39. The first kappa shape index (κ1) is 13.2. The van der Waals surface area contributed by atoms with E-state index in [4.69, 9.17) is 23.2 Å². The van der Waals surface area contributed by atoms with Crippen LogP contribution in [0.15, 0.2) is 29.1 Å². The first-order valence-corrected chi connectivity index (χ1v) is 6.78. The zero-order valence-corrected chi connectivity index (χ0v) is 12.4. The fourth-order valence-corrected chi connectivity index (χ4v) is 2.48. The van der Waals surface area contributed by atoms with Gasteiger partial charge in [0.05, 0.1) is 5.69 Å². The number of fused-ring (bicyclic) bond motifs is 1. The molecule has 0 fully saturated rings. The van der Waals surface area contributed by atoms with Crippen LogP contribution >= 0.6 is 23.2 Å². The van der Waals surface area contributed by atoms with E-state index in [-0.39, 0.29) is 10.6 Å². The molecule has 0 amide bonds. The maximum absolute atomic E-state index is 12.1. The molecule has 6 heteroatoms. The molecular formula is C14H11Cl2N3O. The second kappa shape index (κ2) is 4.65. The molecule has 0 atom stereocenters. The average Bonchev–Trinajstić information content (AvgIpc) is 2.74. The Labute approximate surface area is 125 Å². The molecule has 0 aliphatic rings. The Bertz CT molecular complexity index is 863. The molecule has 0 spiro atoms. The SMILES string of the molecule is Cc1nc2c(-c3ccc(Cl)cc3)c(C)[nH]n2c(=O)c1Cl. The number of hydrogen-bond donors (Lipinski definition) is 1. The number of aromatic nitrogens is 3. The molecule has 0 bridgehead atoms. The lowest BCUT2D eigenvalue weighted by molar-refractivity contribution is 0.873. The van der Waals surface area contributed by atoms with Gasteiger partial charge in [-0.3, -0.25) is 9.89 Å². The van der Waals surface area contributed by atoms with E-state index in [1.807, 2.05) is 19.1 Å². The van der Waals surface area contributed by atoms with Gasteiger partial charge in [0.1, 0.15) is 5.02 Å². The van der Waals surface area contributed by atoms with E-state index in [1.54, 1.807) is 19.1 Å². The van der Waals surface area contributed by atoms with Crippen LogP contribution in [0.3, 0.4) is 0 Å². The molecule has 0 saturated carbocycles. The van der Waals surface area contributed by atoms with Crippen LogP contribution in [-0.2, 0) is 0 Å². The topological polar surface area (TPSA) is 50.2 Å². The van der Waals surface area contributed by atoms with Crippen molar-refractivity contribution in [1.29, 1.82) is 0 Å². The largest absolute Gasteiger partial charge is 0.293 e. The van der Waals surface area contributed by atoms with E-state index in [2.05, 4.69) is 10.1 Å². The van der Waals surface area contributed by atoms with E-state index >= 15 is 0 Å². The quantitative estimate of drug-likeness (QED) is 0.746. The van der Waals surface area contributed by atoms with Crippen molar-refractivity contribution in [2.75, 3.05) is 0 Å². The summed E-state index contributed by atoms with van der Waals surface area (Å²) in [5.74, 6) is 0. The van der Waals surface area contributed by atoms with Gasteiger partial charge in [0, 0.05) is 16.3 Å². The summed E-state index contributed by atoms with van der Waals surface area (Å²) in [7, 11) is 0. The molecule has 0 aliphatic heterocycles. The minimum absolute atomic E-state index is 0.131. The Morgan fingerprint density at radius 2 is 1.80 bits per heavy atom. The van der Waals surface area contributed by atoms with Crippen molar-refractivity contribution in [3.8, 4) is 11.1 Å². The molecule has 1 aromatic carbocycles. The molecule has 0 aliphatic carbocycles. The third-order valence-corrected chi connectivity index (χ3v) is 3.89. The predicted molar refractivity (Wildman–Crippen MR) is 80.7 cm³/mol. The molecule has 2 aromatic heterocycles. The van der Waals surface area contributed by atoms with E-state index < -0.39 is 0 Å². The van der Waals surface area contributed by atoms with Crippen LogP contribution in [-0.4, -0.2) is 14.6 Å². The summed E-state index contributed by atoms with van der Waals surface area (Å²) in [6.45, 7) is 3.61. The van der Waals surface area contributed by atoms with Crippen LogP contribution in [0.5, 0.6) is 0 Å². The Kier molecular flexibility index (Phi) is 3.07. The fraction of sp³-hybridized carbons (Fsp3) is 0.143. The summed E-state index contributed by atoms with van der Waals surface area (Å²) < 4.78 is 1.37. The summed E-state index contributed by atoms with van der Waals surface area (Å²) in [6.07, 6.45) is 0. The maximum atomic E-state index is 12.1. The van der Waals surface area contributed by atoms with Gasteiger partial charge in [-0.25, -0.2) is 4.98 Å². The Hall–Kier alpha value is -1.78. The van der Waals surface area contributed by atoms with Gasteiger partial charge in [0.25, 0.3) is 5.56 Å². The van der Waals surface area contributed by atoms with Crippen LogP contribution in [0.25, 0.3) is 16.8 Å². The van der Waals surface area contributed by atoms with Gasteiger partial charge in [-0.05, 0) is 31.5 Å². The highest BCUT2D eigenvalue weighted by molar-refractivity contribution is 6.31. The normalized spacial score (nSPS) is 11.2. The van der Waals surface area contributed by atoms with E-state index in [0.717, 1.165) is 16.8 Å². The van der Waals surface area contributed by atoms with Gasteiger partial charge in [-0.15, -0.1) is 0 Å². The van der Waals surface area contributed by atoms with Crippen LogP contribution < -0.4 is 5.56 Å². The number of aromatic amines is 1. The highest BCUT2D eigenvalue weighted by Gasteiger charge is 2.16. The predicted octanol–water partition coefficient (Wildman–Crippen LogP) is 3.61. The highest BCUT2D eigenvalue weighted by atomic mass is 35.5. The summed E-state index contributed by atoms with van der Waals surface area (Å²) in [4.78, 5) is 16.6. The molecule has 4 nitrogen and oxygen atoms in total. The van der Waals surface area contributed by atoms with E-state index in [9.17, 15) is 4.79 Å². The fourth-order valence-electron chi connectivity index (χ4n) is 2.23. The number of rotatable bonds is 1. The van der Waals surface area contributed by atoms with Gasteiger partial charge in [-0.2, -0.15) is 4.52 Å². The summed E-state index contributed by atoms with van der Waals surface area (Å²) in [5, 5.41) is 3.79. The molecular weight excluding hydrogens is 297 g/mol. The van der Waals surface area contributed by atoms with Crippen molar-refractivity contribution in [3.63, 3.8) is 0 Å². The van der Waals surface area contributed by atoms with Crippen LogP contribution in [0.4, 0.5) is 0 Å². The molecule has 20 heavy (non-hydrogen) atoms. The van der Waals surface area contributed by atoms with Crippen molar-refractivity contribution < 1.29 is 0 Å². The Morgan fingerprint density at radius 3 is 2.45 bits per heavy atom. The van der Waals surface area contributed by atoms with Crippen LogP contribution in [0.2, 0.25) is 10.0 Å². The monoisotopic (exact) mass is 307 g/mol. The number of H-pyrrole nitrogens is 1. The highest BCUT2D eigenvalue weighted by Crippen LogP contribution is 2.28. The molecule has 102 valence electrons. The standard InChI is InChI=1S/C14H11Cl2N3O/c1-7-11(9-3-5-10(15)6-4-9)13-17-8(2)12(16)14(20)19(13)18-7/h3-6,18H,1-2H3. The third-order valence-electron chi connectivity index (χ3n) is 3.20. The molecule has 2 heterocycles. The van der Waals surface area contributed by atoms with Crippen LogP contribution in [0, 0.1) is 13.8 Å². The van der Waals surface area contributed by atoms with Crippen molar-refractivity contribution in [1.82, 2.24) is 14.6 Å². The number of nitrogens with zero attached hydrogens (tertiary/aromatic N) is 2. The first-order valence-electron chi connectivity index (χ1n) is 6.02. The van der Waals surface area contributed by atoms with Crippen molar-refractivity contribution in [2.24, 2.45) is 0 Å². The van der Waals surface area contributed by atoms with Gasteiger partial charge >= 0.3 is 0 Å². The van der Waals surface area contributed by atoms with Gasteiger partial charge in [-0.1, -0.05) is 35.3 Å². The smallest absolute Gasteiger partial charge is 0.291 e. The number of aryl methyl sites for hydroxylation is 2. The lowest BCUT2D eigenvalue weighted by Crippen LogP contribution is -2.17. The number of halogens is 2. The van der Waals surface area contributed by atoms with Crippen LogP contribution in [0.1, 0.15) is 11.4 Å². The molecule has 0 unspecified atom stereocenters. The lowest BCUT2D eigenvalue weighted by atomic mass is 10.1. The molecule has 3 rings (SSSR count). The van der Waals surface area contributed by atoms with E-state index in [0.29, 0.717) is 16.4 Å². The zero-order chi connectivity index (χ0) is 14.4. The van der Waals surface area contributed by atoms with Crippen molar-refractivity contribution >= 4 is 28.8 Å². The summed E-state index contributed by atoms with van der Waals surface area (Å²) in [6, 6.07) is 7.41. The molecule has 1 N–H and O–H groups in total. The minimum atomic E-state index is -0.294. The maximum Gasteiger partial charge on any atom is 0.291 e. The number of nitrogens with one attached hydrogen (secondary N) is 1. The van der Waals surface area contributed by atoms with Gasteiger partial charge in [0.2, 0.25) is 0 Å². The Morgan fingerprint density at radius 1 is 1.15 bits per heavy atom. The van der Waals surface area contributed by atoms with Gasteiger partial charge < -0.3 is 0 Å². The third kappa shape index (κ3) is 1.92. The van der Waals surface area contributed by atoms with E-state index in [1.165, 1.54) is 4.52 Å². The second-order valence-electron chi connectivity index (χ2n) is 4.59. The minimum Gasteiger partial charge on any atom is -0.293 e. The zero-order valence-electron chi connectivity index (χ0n) is 10.9. The molecule has 0 radical (unpaired) electrons. The number of benzene rings is 1. The lowest BCUT2D eigenvalue weighted by Gasteiger charge is -2.02. The van der Waals surface area contributed by atoms with Crippen molar-refractivity contribution in [3.05, 3.63) is 56.1 Å². The average molecular weight is 308 g/mol. The summed E-state index contributed by atoms with van der Waals surface area (Å²) >= 11 is 11.9. The van der Waals surface area contributed by atoms with Gasteiger partial charge in [0.15, 0.2) is 5.65 Å².